The Morgan fingerprint density at radius 2 is 1.75 bits per heavy atom. The largest absolute Gasteiger partial charge is 0.378 e. The normalized spacial score (nSPS) is 17.7. The number of anilines is 1. The van der Waals surface area contributed by atoms with Crippen molar-refractivity contribution in [1.82, 2.24) is 14.8 Å². The van der Waals surface area contributed by atoms with Crippen molar-refractivity contribution in [2.24, 2.45) is 0 Å². The van der Waals surface area contributed by atoms with Crippen LogP contribution < -0.4 is 10.2 Å². The number of nitrogens with one attached hydrogen (secondary N) is 1. The molecule has 2 aromatic carbocycles. The number of ether oxygens (including phenoxy) is 1. The van der Waals surface area contributed by atoms with Gasteiger partial charge in [-0.2, -0.15) is 0 Å². The first-order chi connectivity index (χ1) is 17.5. The van der Waals surface area contributed by atoms with E-state index in [0.29, 0.717) is 37.6 Å². The molecule has 0 spiro atoms. The summed E-state index contributed by atoms with van der Waals surface area (Å²) in [7, 11) is 0. The van der Waals surface area contributed by atoms with Gasteiger partial charge in [0.05, 0.1) is 18.9 Å². The number of barbiturate groups is 1. The summed E-state index contributed by atoms with van der Waals surface area (Å²) in [6.45, 7) is 4.27. The summed E-state index contributed by atoms with van der Waals surface area (Å²) in [6.07, 6.45) is 4.06. The maximum Gasteiger partial charge on any atom is 0.335 e. The van der Waals surface area contributed by atoms with Gasteiger partial charge in [-0.25, -0.2) is 9.69 Å². The van der Waals surface area contributed by atoms with Gasteiger partial charge in [-0.15, -0.1) is 0 Å². The lowest BCUT2D eigenvalue weighted by Crippen LogP contribution is -2.54. The molecule has 9 nitrogen and oxygen atoms in total. The number of aryl methyl sites for hydroxylation is 1. The monoisotopic (exact) mass is 486 g/mol. The van der Waals surface area contributed by atoms with Crippen molar-refractivity contribution in [3.8, 4) is 0 Å². The van der Waals surface area contributed by atoms with Crippen LogP contribution in [0.4, 0.5) is 10.5 Å². The zero-order valence-corrected chi connectivity index (χ0v) is 19.9. The van der Waals surface area contributed by atoms with E-state index in [1.807, 2.05) is 47.9 Å². The van der Waals surface area contributed by atoms with E-state index in [-0.39, 0.29) is 18.0 Å². The molecule has 3 aromatic rings. The molecule has 2 aliphatic rings. The van der Waals surface area contributed by atoms with Crippen LogP contribution in [-0.4, -0.2) is 59.5 Å². The first-order valence-electron chi connectivity index (χ1n) is 11.9. The predicted octanol–water partition coefficient (Wildman–Crippen LogP) is 2.73. The fourth-order valence-electron chi connectivity index (χ4n) is 4.51. The van der Waals surface area contributed by atoms with Crippen molar-refractivity contribution < 1.29 is 23.9 Å². The molecule has 0 saturated carbocycles. The first-order valence-corrected chi connectivity index (χ1v) is 11.9. The summed E-state index contributed by atoms with van der Waals surface area (Å²) >= 11 is 0. The Kier molecular flexibility index (Phi) is 6.39. The van der Waals surface area contributed by atoms with Crippen LogP contribution in [0.2, 0.25) is 0 Å². The summed E-state index contributed by atoms with van der Waals surface area (Å²) in [5.74, 6) is -1.49. The first kappa shape index (κ1) is 23.5. The SMILES string of the molecule is CCc1ccc(N2C(=O)NC(=O)C(=Cc3cn(CC(=O)N4CCOCC4)c4ccccc34)C2=O)cc1. The Labute approximate surface area is 207 Å². The average Bonchev–Trinajstić information content (AvgIpc) is 3.24. The molecule has 0 radical (unpaired) electrons. The maximum atomic E-state index is 13.3. The molecule has 0 atom stereocenters. The van der Waals surface area contributed by atoms with E-state index in [1.165, 1.54) is 6.08 Å². The van der Waals surface area contributed by atoms with Crippen LogP contribution in [0.15, 0.2) is 60.3 Å². The van der Waals surface area contributed by atoms with E-state index >= 15 is 0 Å². The maximum absolute atomic E-state index is 13.3. The highest BCUT2D eigenvalue weighted by molar-refractivity contribution is 6.39. The van der Waals surface area contributed by atoms with Crippen LogP contribution in [0.3, 0.4) is 0 Å². The minimum absolute atomic E-state index is 0.0305. The number of urea groups is 1. The van der Waals surface area contributed by atoms with Gasteiger partial charge in [-0.05, 0) is 36.3 Å². The number of hydrogen-bond acceptors (Lipinski definition) is 5. The molecule has 0 aliphatic carbocycles. The molecule has 2 saturated heterocycles. The van der Waals surface area contributed by atoms with E-state index in [1.54, 1.807) is 23.2 Å². The number of para-hydroxylation sites is 1. The second kappa shape index (κ2) is 9.79. The highest BCUT2D eigenvalue weighted by Crippen LogP contribution is 2.27. The number of hydrogen-bond donors (Lipinski definition) is 1. The molecule has 184 valence electrons. The van der Waals surface area contributed by atoms with Crippen molar-refractivity contribution in [3.05, 3.63) is 71.4 Å². The van der Waals surface area contributed by atoms with Gasteiger partial charge in [0, 0.05) is 35.8 Å². The molecule has 1 aromatic heterocycles. The van der Waals surface area contributed by atoms with Crippen LogP contribution >= 0.6 is 0 Å². The molecular formula is C27H26N4O5. The quantitative estimate of drug-likeness (QED) is 0.442. The third kappa shape index (κ3) is 4.40. The minimum Gasteiger partial charge on any atom is -0.378 e. The predicted molar refractivity (Wildman–Crippen MR) is 134 cm³/mol. The number of aromatic nitrogens is 1. The number of benzene rings is 2. The van der Waals surface area contributed by atoms with Gasteiger partial charge in [0.1, 0.15) is 12.1 Å². The van der Waals surface area contributed by atoms with Crippen molar-refractivity contribution in [3.63, 3.8) is 0 Å². The topological polar surface area (TPSA) is 101 Å². The average molecular weight is 487 g/mol. The van der Waals surface area contributed by atoms with Crippen LogP contribution in [-0.2, 0) is 32.1 Å². The summed E-state index contributed by atoms with van der Waals surface area (Å²) in [5.41, 5.74) is 2.70. The molecule has 0 unspecified atom stereocenters. The third-order valence-electron chi connectivity index (χ3n) is 6.49. The number of amides is 5. The molecule has 9 heteroatoms. The molecule has 36 heavy (non-hydrogen) atoms. The van der Waals surface area contributed by atoms with Crippen LogP contribution in [0.5, 0.6) is 0 Å². The fraction of sp³-hybridized carbons (Fsp3) is 0.259. The van der Waals surface area contributed by atoms with Gasteiger partial charge in [0.2, 0.25) is 5.91 Å². The van der Waals surface area contributed by atoms with E-state index in [4.69, 9.17) is 4.74 Å². The van der Waals surface area contributed by atoms with Gasteiger partial charge in [0.25, 0.3) is 11.8 Å². The van der Waals surface area contributed by atoms with Crippen molar-refractivity contribution >= 4 is 46.4 Å². The Bertz CT molecular complexity index is 1380. The van der Waals surface area contributed by atoms with Crippen molar-refractivity contribution in [2.75, 3.05) is 31.2 Å². The van der Waals surface area contributed by atoms with Crippen molar-refractivity contribution in [1.29, 1.82) is 0 Å². The fourth-order valence-corrected chi connectivity index (χ4v) is 4.51. The summed E-state index contributed by atoms with van der Waals surface area (Å²) in [6, 6.07) is 13.8. The van der Waals surface area contributed by atoms with Crippen LogP contribution in [0.25, 0.3) is 17.0 Å². The van der Waals surface area contributed by atoms with Gasteiger partial charge in [-0.1, -0.05) is 37.3 Å². The zero-order chi connectivity index (χ0) is 25.2. The second-order valence-electron chi connectivity index (χ2n) is 8.70. The summed E-state index contributed by atoms with van der Waals surface area (Å²) < 4.78 is 7.15. The number of imide groups is 2. The van der Waals surface area contributed by atoms with Crippen LogP contribution in [0.1, 0.15) is 18.1 Å². The standard InChI is InChI=1S/C27H26N4O5/c1-2-18-7-9-20(10-8-18)31-26(34)22(25(33)28-27(31)35)15-19-16-30(23-6-4-3-5-21(19)23)17-24(32)29-11-13-36-14-12-29/h3-10,15-16H,2,11-14,17H2,1H3,(H,28,33,35). The van der Waals surface area contributed by atoms with E-state index in [0.717, 1.165) is 27.8 Å². The second-order valence-corrected chi connectivity index (χ2v) is 8.70. The van der Waals surface area contributed by atoms with E-state index in [9.17, 15) is 19.2 Å². The lowest BCUT2D eigenvalue weighted by Gasteiger charge is -2.27. The molecular weight excluding hydrogens is 460 g/mol. The number of morpholine rings is 1. The number of nitrogens with zero attached hydrogens (tertiary/aromatic N) is 3. The number of rotatable bonds is 5. The smallest absolute Gasteiger partial charge is 0.335 e. The van der Waals surface area contributed by atoms with Crippen LogP contribution in [0, 0.1) is 0 Å². The molecule has 5 rings (SSSR count). The van der Waals surface area contributed by atoms with Gasteiger partial charge >= 0.3 is 6.03 Å². The Balaban J connectivity index is 1.49. The lowest BCUT2D eigenvalue weighted by molar-refractivity contribution is -0.135. The lowest BCUT2D eigenvalue weighted by atomic mass is 10.1. The third-order valence-corrected chi connectivity index (χ3v) is 6.49. The highest BCUT2D eigenvalue weighted by atomic mass is 16.5. The molecule has 2 fully saturated rings. The Morgan fingerprint density at radius 3 is 2.47 bits per heavy atom. The molecule has 0 bridgehead atoms. The molecule has 2 aliphatic heterocycles. The zero-order valence-electron chi connectivity index (χ0n) is 19.9. The molecule has 3 heterocycles. The summed E-state index contributed by atoms with van der Waals surface area (Å²) in [4.78, 5) is 54.2. The van der Waals surface area contributed by atoms with Crippen molar-refractivity contribution in [2.45, 2.75) is 19.9 Å². The Hall–Kier alpha value is -4.24. The molecule has 1 N–H and O–H groups in total. The number of fused-ring (bicyclic) bond motifs is 1. The van der Waals surface area contributed by atoms with E-state index < -0.39 is 17.8 Å². The molecule has 5 amide bonds. The van der Waals surface area contributed by atoms with Gasteiger partial charge < -0.3 is 14.2 Å². The van der Waals surface area contributed by atoms with E-state index in [2.05, 4.69) is 5.32 Å². The summed E-state index contributed by atoms with van der Waals surface area (Å²) in [5, 5.41) is 3.05. The van der Waals surface area contributed by atoms with Gasteiger partial charge in [-0.3, -0.25) is 19.7 Å². The highest BCUT2D eigenvalue weighted by Gasteiger charge is 2.37. The number of carbonyl (C=O) groups excluding carboxylic acids is 4. The number of carbonyl (C=O) groups is 4. The Morgan fingerprint density at radius 1 is 1.03 bits per heavy atom. The minimum atomic E-state index is -0.787. The van der Waals surface area contributed by atoms with Gasteiger partial charge in [0.15, 0.2) is 0 Å².